The highest BCUT2D eigenvalue weighted by molar-refractivity contribution is 7.99. The van der Waals surface area contributed by atoms with Crippen molar-refractivity contribution < 1.29 is 24.1 Å². The standard InChI is InChI=1S/C22H17N3O6S/c23-11-7-32-20-16-12(4-14-19(20)30-2-1-29-14)24-17-9(15(11)16)5-25-13(17)3-8-10(21(25)27)6-31-22(28)18(8)26/h3-4,11,18,26H,1-2,5-7,23H2. The minimum Gasteiger partial charge on any atom is -0.486 e. The number of esters is 1. The first-order chi connectivity index (χ1) is 15.5. The number of carbonyl (C=O) groups is 1. The molecule has 1 aromatic carbocycles. The number of cyclic esters (lactones) is 1. The van der Waals surface area contributed by atoms with E-state index in [9.17, 15) is 14.7 Å². The Morgan fingerprint density at radius 3 is 2.88 bits per heavy atom. The van der Waals surface area contributed by atoms with Crippen LogP contribution in [0.15, 0.2) is 21.8 Å². The number of hydrogen-bond donors (Lipinski definition) is 2. The molecule has 0 radical (unpaired) electrons. The number of fused-ring (bicyclic) bond motifs is 7. The molecule has 0 spiro atoms. The van der Waals surface area contributed by atoms with Crippen LogP contribution >= 0.6 is 11.8 Å². The topological polar surface area (TPSA) is 126 Å². The van der Waals surface area contributed by atoms with Crippen LogP contribution in [-0.4, -0.2) is 39.6 Å². The van der Waals surface area contributed by atoms with Crippen molar-refractivity contribution in [1.82, 2.24) is 9.55 Å². The molecule has 0 saturated carbocycles. The van der Waals surface area contributed by atoms with Gasteiger partial charge < -0.3 is 29.6 Å². The number of aliphatic hydroxyl groups is 1. The van der Waals surface area contributed by atoms with Crippen LogP contribution < -0.4 is 20.8 Å². The Balaban J connectivity index is 1.55. The molecule has 4 aliphatic heterocycles. The second-order valence-corrected chi connectivity index (χ2v) is 9.29. The van der Waals surface area contributed by atoms with Gasteiger partial charge in [0, 0.05) is 34.4 Å². The van der Waals surface area contributed by atoms with Gasteiger partial charge in [-0.1, -0.05) is 0 Å². The van der Waals surface area contributed by atoms with E-state index in [0.29, 0.717) is 48.2 Å². The van der Waals surface area contributed by atoms with Gasteiger partial charge in [0.25, 0.3) is 5.56 Å². The fourth-order valence-electron chi connectivity index (χ4n) is 5.09. The highest BCUT2D eigenvalue weighted by Crippen LogP contribution is 2.52. The van der Waals surface area contributed by atoms with Crippen LogP contribution in [0.4, 0.5) is 0 Å². The number of ether oxygens (including phenoxy) is 3. The Kier molecular flexibility index (Phi) is 3.61. The van der Waals surface area contributed by atoms with Gasteiger partial charge in [0.15, 0.2) is 17.6 Å². The first kappa shape index (κ1) is 18.5. The molecule has 6 heterocycles. The van der Waals surface area contributed by atoms with Gasteiger partial charge in [-0.25, -0.2) is 9.78 Å². The highest BCUT2D eigenvalue weighted by Gasteiger charge is 2.37. The van der Waals surface area contributed by atoms with Crippen LogP contribution in [0.5, 0.6) is 11.5 Å². The SMILES string of the molecule is NC1CSc2c3c(cc4nc5c(c1c24)Cn1c-5cc2c(c1=O)COC(=O)C2O)OCCO3. The summed E-state index contributed by atoms with van der Waals surface area (Å²) in [6, 6.07) is 3.31. The summed E-state index contributed by atoms with van der Waals surface area (Å²) in [7, 11) is 0. The smallest absolute Gasteiger partial charge is 0.340 e. The van der Waals surface area contributed by atoms with E-state index in [-0.39, 0.29) is 23.8 Å². The van der Waals surface area contributed by atoms with Gasteiger partial charge in [0.1, 0.15) is 19.8 Å². The summed E-state index contributed by atoms with van der Waals surface area (Å²) < 4.78 is 18.3. The molecule has 2 atom stereocenters. The molecule has 0 bridgehead atoms. The molecule has 10 heteroatoms. The Morgan fingerprint density at radius 2 is 2.00 bits per heavy atom. The fraction of sp³-hybridized carbons (Fsp3) is 0.318. The van der Waals surface area contributed by atoms with Crippen LogP contribution in [0.25, 0.3) is 22.3 Å². The molecule has 9 nitrogen and oxygen atoms in total. The van der Waals surface area contributed by atoms with E-state index < -0.39 is 12.1 Å². The molecule has 0 fully saturated rings. The monoisotopic (exact) mass is 451 g/mol. The van der Waals surface area contributed by atoms with Gasteiger partial charge >= 0.3 is 5.97 Å². The van der Waals surface area contributed by atoms with E-state index in [2.05, 4.69) is 0 Å². The quantitative estimate of drug-likeness (QED) is 0.382. The number of benzene rings is 1. The van der Waals surface area contributed by atoms with Crippen molar-refractivity contribution in [2.75, 3.05) is 19.0 Å². The minimum atomic E-state index is -1.48. The maximum atomic E-state index is 13.2. The zero-order chi connectivity index (χ0) is 21.7. The Morgan fingerprint density at radius 1 is 1.16 bits per heavy atom. The van der Waals surface area contributed by atoms with Crippen LogP contribution in [0.1, 0.15) is 34.4 Å². The molecule has 7 rings (SSSR count). The summed E-state index contributed by atoms with van der Waals surface area (Å²) in [6.45, 7) is 1.13. The van der Waals surface area contributed by atoms with Gasteiger partial charge in [-0.2, -0.15) is 0 Å². The summed E-state index contributed by atoms with van der Waals surface area (Å²) in [4.78, 5) is 31.0. The number of rotatable bonds is 0. The summed E-state index contributed by atoms with van der Waals surface area (Å²) in [5.41, 5.74) is 10.7. The van der Waals surface area contributed by atoms with Crippen LogP contribution in [0, 0.1) is 0 Å². The lowest BCUT2D eigenvalue weighted by Gasteiger charge is -2.29. The first-order valence-electron chi connectivity index (χ1n) is 10.3. The molecular formula is C22H17N3O6S. The van der Waals surface area contributed by atoms with Crippen molar-refractivity contribution in [3.8, 4) is 22.9 Å². The predicted octanol–water partition coefficient (Wildman–Crippen LogP) is 1.39. The molecule has 162 valence electrons. The van der Waals surface area contributed by atoms with Gasteiger partial charge in [0.05, 0.1) is 33.9 Å². The lowest BCUT2D eigenvalue weighted by Crippen LogP contribution is -2.32. The van der Waals surface area contributed by atoms with Crippen LogP contribution in [-0.2, 0) is 22.7 Å². The molecule has 3 aromatic rings. The number of nitrogens with two attached hydrogens (primary N) is 1. The Labute approximate surface area is 185 Å². The van der Waals surface area contributed by atoms with Crippen molar-refractivity contribution in [2.24, 2.45) is 5.73 Å². The number of carbonyl (C=O) groups excluding carboxylic acids is 1. The molecule has 2 unspecified atom stereocenters. The largest absolute Gasteiger partial charge is 0.486 e. The average molecular weight is 451 g/mol. The molecule has 32 heavy (non-hydrogen) atoms. The zero-order valence-corrected chi connectivity index (χ0v) is 17.5. The molecule has 3 N–H and O–H groups in total. The van der Waals surface area contributed by atoms with Crippen molar-refractivity contribution in [1.29, 1.82) is 0 Å². The van der Waals surface area contributed by atoms with Crippen molar-refractivity contribution in [2.45, 2.75) is 30.2 Å². The number of nitrogens with zero attached hydrogens (tertiary/aromatic N) is 2. The number of hydrogen-bond acceptors (Lipinski definition) is 9. The van der Waals surface area contributed by atoms with Crippen molar-refractivity contribution in [3.05, 3.63) is 44.7 Å². The Bertz CT molecular complexity index is 1450. The van der Waals surface area contributed by atoms with Gasteiger partial charge in [-0.15, -0.1) is 11.8 Å². The molecular weight excluding hydrogens is 434 g/mol. The Hall–Kier alpha value is -3.08. The van der Waals surface area contributed by atoms with E-state index in [4.69, 9.17) is 24.9 Å². The number of aromatic nitrogens is 2. The number of pyridine rings is 2. The normalized spacial score (nSPS) is 22.2. The molecule has 0 aliphatic carbocycles. The van der Waals surface area contributed by atoms with Crippen molar-refractivity contribution >= 4 is 28.6 Å². The van der Waals surface area contributed by atoms with Gasteiger partial charge in [-0.3, -0.25) is 4.79 Å². The fourth-order valence-corrected chi connectivity index (χ4v) is 6.25. The number of thioether (sulfide) groups is 1. The van der Waals surface area contributed by atoms with Crippen LogP contribution in [0.3, 0.4) is 0 Å². The van der Waals surface area contributed by atoms with E-state index in [1.807, 2.05) is 6.07 Å². The zero-order valence-electron chi connectivity index (χ0n) is 16.7. The third kappa shape index (κ3) is 2.24. The first-order valence-corrected chi connectivity index (χ1v) is 11.3. The molecule has 0 saturated heterocycles. The predicted molar refractivity (Wildman–Crippen MR) is 114 cm³/mol. The van der Waals surface area contributed by atoms with E-state index in [1.54, 1.807) is 22.4 Å². The third-order valence-corrected chi connectivity index (χ3v) is 7.73. The molecule has 0 amide bonds. The van der Waals surface area contributed by atoms with E-state index in [0.717, 1.165) is 32.7 Å². The highest BCUT2D eigenvalue weighted by atomic mass is 32.2. The van der Waals surface area contributed by atoms with Crippen LogP contribution in [0.2, 0.25) is 0 Å². The summed E-state index contributed by atoms with van der Waals surface area (Å²) >= 11 is 1.63. The van der Waals surface area contributed by atoms with E-state index >= 15 is 0 Å². The van der Waals surface area contributed by atoms with Crippen molar-refractivity contribution in [3.63, 3.8) is 0 Å². The molecule has 4 aliphatic rings. The maximum Gasteiger partial charge on any atom is 0.340 e. The third-order valence-electron chi connectivity index (χ3n) is 6.53. The number of aliphatic hydroxyl groups excluding tert-OH is 1. The van der Waals surface area contributed by atoms with Gasteiger partial charge in [0.2, 0.25) is 0 Å². The maximum absolute atomic E-state index is 13.2. The minimum absolute atomic E-state index is 0.148. The summed E-state index contributed by atoms with van der Waals surface area (Å²) in [6.07, 6.45) is -1.48. The van der Waals surface area contributed by atoms with E-state index in [1.165, 1.54) is 0 Å². The molecule has 2 aromatic heterocycles. The van der Waals surface area contributed by atoms with Gasteiger partial charge in [-0.05, 0) is 11.6 Å². The summed E-state index contributed by atoms with van der Waals surface area (Å²) in [5.74, 6) is 1.29. The lowest BCUT2D eigenvalue weighted by molar-refractivity contribution is -0.157. The lowest BCUT2D eigenvalue weighted by atomic mass is 9.94. The second-order valence-electron chi connectivity index (χ2n) is 8.26. The summed E-state index contributed by atoms with van der Waals surface area (Å²) in [5, 5.41) is 11.3. The second kappa shape index (κ2) is 6.25. The average Bonchev–Trinajstić information content (AvgIpc) is 3.16.